The molecule has 4 heterocycles. The van der Waals surface area contributed by atoms with Crippen molar-refractivity contribution >= 4 is 11.9 Å². The van der Waals surface area contributed by atoms with E-state index >= 15 is 0 Å². The minimum atomic E-state index is -0.166. The summed E-state index contributed by atoms with van der Waals surface area (Å²) >= 11 is 0. The summed E-state index contributed by atoms with van der Waals surface area (Å²) in [7, 11) is 0. The Kier molecular flexibility index (Phi) is 5.83. The van der Waals surface area contributed by atoms with Gasteiger partial charge in [0.1, 0.15) is 11.5 Å². The highest BCUT2D eigenvalue weighted by Crippen LogP contribution is 2.42. The highest BCUT2D eigenvalue weighted by molar-refractivity contribution is 6.15. The van der Waals surface area contributed by atoms with Crippen LogP contribution < -0.4 is 14.2 Å². The summed E-state index contributed by atoms with van der Waals surface area (Å²) in [5.74, 6) is 2.32. The maximum absolute atomic E-state index is 13.1. The van der Waals surface area contributed by atoms with Gasteiger partial charge >= 0.3 is 0 Å². The number of ketones is 1. The number of aromatic nitrogens is 1. The number of Topliss-reactive ketones (excluding diaryl/α,β-unsaturated/α-hetero) is 1. The second-order valence-corrected chi connectivity index (χ2v) is 9.36. The number of pyridine rings is 1. The van der Waals surface area contributed by atoms with Crippen molar-refractivity contribution in [3.63, 3.8) is 0 Å². The third-order valence-corrected chi connectivity index (χ3v) is 6.89. The highest BCUT2D eigenvalue weighted by atomic mass is 16.7. The Bertz CT molecular complexity index is 1350. The summed E-state index contributed by atoms with van der Waals surface area (Å²) in [5, 5.41) is 10.8. The quantitative estimate of drug-likeness (QED) is 0.547. The van der Waals surface area contributed by atoms with E-state index in [-0.39, 0.29) is 24.1 Å². The van der Waals surface area contributed by atoms with Crippen LogP contribution in [0.15, 0.2) is 54.6 Å². The fraction of sp³-hybridized carbons (Fsp3) is 0.286. The van der Waals surface area contributed by atoms with Crippen LogP contribution in [0.1, 0.15) is 32.6 Å². The van der Waals surface area contributed by atoms with Gasteiger partial charge in [0.2, 0.25) is 12.6 Å². The number of aryl methyl sites for hydroxylation is 1. The van der Waals surface area contributed by atoms with Crippen molar-refractivity contribution < 1.29 is 24.1 Å². The van der Waals surface area contributed by atoms with Gasteiger partial charge in [0.15, 0.2) is 17.3 Å². The number of fused-ring (bicyclic) bond motifs is 2. The molecule has 0 atom stereocenters. The number of phenolic OH excluding ortho intramolecular Hbond substituents is 1. The van der Waals surface area contributed by atoms with Gasteiger partial charge < -0.3 is 19.3 Å². The summed E-state index contributed by atoms with van der Waals surface area (Å²) < 4.78 is 17.0. The first-order valence-corrected chi connectivity index (χ1v) is 12.1. The predicted molar refractivity (Wildman–Crippen MR) is 133 cm³/mol. The third kappa shape index (κ3) is 4.29. The maximum Gasteiger partial charge on any atom is 0.232 e. The molecule has 0 saturated carbocycles. The number of carbonyl (C=O) groups excluding carboxylic acids is 1. The SMILES string of the molecule is Cc1cc(O)c(CN2CCN(Cc3ccc4c(c3)OCO4)CC2)c2c1C(=O)/C(=C/c1cccnc1)O2. The Balaban J connectivity index is 1.15. The first-order valence-electron chi connectivity index (χ1n) is 12.1. The summed E-state index contributed by atoms with van der Waals surface area (Å²) in [5.41, 5.74) is 3.87. The molecule has 1 fully saturated rings. The minimum Gasteiger partial charge on any atom is -0.507 e. The Hall–Kier alpha value is -3.88. The number of nitrogens with zero attached hydrogens (tertiary/aromatic N) is 3. The second-order valence-electron chi connectivity index (χ2n) is 9.36. The van der Waals surface area contributed by atoms with Crippen LogP contribution in [-0.4, -0.2) is 58.6 Å². The van der Waals surface area contributed by atoms with E-state index in [1.807, 2.05) is 31.2 Å². The molecule has 0 spiro atoms. The number of ether oxygens (including phenoxy) is 3. The number of rotatable bonds is 5. The van der Waals surface area contributed by atoms with Crippen LogP contribution in [-0.2, 0) is 13.1 Å². The molecule has 184 valence electrons. The van der Waals surface area contributed by atoms with Crippen molar-refractivity contribution in [2.45, 2.75) is 20.0 Å². The molecule has 8 heteroatoms. The van der Waals surface area contributed by atoms with E-state index in [2.05, 4.69) is 20.9 Å². The maximum atomic E-state index is 13.1. The lowest BCUT2D eigenvalue weighted by Gasteiger charge is -2.35. The van der Waals surface area contributed by atoms with Crippen LogP contribution in [0.25, 0.3) is 6.08 Å². The molecule has 1 N–H and O–H groups in total. The normalized spacial score (nSPS) is 18.5. The molecule has 3 aliphatic heterocycles. The van der Waals surface area contributed by atoms with Gasteiger partial charge in [-0.05, 0) is 54.0 Å². The van der Waals surface area contributed by atoms with Crippen LogP contribution >= 0.6 is 0 Å². The van der Waals surface area contributed by atoms with E-state index in [0.29, 0.717) is 29.0 Å². The van der Waals surface area contributed by atoms with Crippen LogP contribution in [0.4, 0.5) is 0 Å². The van der Waals surface area contributed by atoms with Crippen LogP contribution in [0, 0.1) is 6.92 Å². The number of aromatic hydroxyl groups is 1. The summed E-state index contributed by atoms with van der Waals surface area (Å²) in [6.07, 6.45) is 5.06. The molecule has 3 aromatic rings. The van der Waals surface area contributed by atoms with Crippen LogP contribution in [0.3, 0.4) is 0 Å². The number of allylic oxidation sites excluding steroid dienone is 1. The van der Waals surface area contributed by atoms with Gasteiger partial charge in [0.25, 0.3) is 0 Å². The molecule has 0 amide bonds. The van der Waals surface area contributed by atoms with E-state index in [1.54, 1.807) is 24.5 Å². The van der Waals surface area contributed by atoms with Crippen LogP contribution in [0.2, 0.25) is 0 Å². The Morgan fingerprint density at radius 1 is 1.03 bits per heavy atom. The van der Waals surface area contributed by atoms with Gasteiger partial charge in [-0.25, -0.2) is 0 Å². The average molecular weight is 486 g/mol. The molecular weight excluding hydrogens is 458 g/mol. The fourth-order valence-electron chi connectivity index (χ4n) is 4.97. The topological polar surface area (TPSA) is 84.4 Å². The van der Waals surface area contributed by atoms with Gasteiger partial charge in [0.05, 0.1) is 11.1 Å². The second kappa shape index (κ2) is 9.29. The van der Waals surface area contributed by atoms with Crippen molar-refractivity contribution in [1.29, 1.82) is 0 Å². The third-order valence-electron chi connectivity index (χ3n) is 6.89. The van der Waals surface area contributed by atoms with Gasteiger partial charge in [-0.3, -0.25) is 19.6 Å². The lowest BCUT2D eigenvalue weighted by atomic mass is 9.99. The van der Waals surface area contributed by atoms with E-state index < -0.39 is 0 Å². The van der Waals surface area contributed by atoms with Gasteiger partial charge in [0, 0.05) is 51.7 Å². The number of benzene rings is 2. The molecule has 2 aromatic carbocycles. The smallest absolute Gasteiger partial charge is 0.232 e. The molecule has 0 unspecified atom stereocenters. The zero-order valence-corrected chi connectivity index (χ0v) is 20.1. The average Bonchev–Trinajstić information content (AvgIpc) is 3.48. The van der Waals surface area contributed by atoms with E-state index in [9.17, 15) is 9.90 Å². The summed E-state index contributed by atoms with van der Waals surface area (Å²) in [4.78, 5) is 21.9. The monoisotopic (exact) mass is 485 g/mol. The molecule has 0 bridgehead atoms. The molecule has 1 saturated heterocycles. The van der Waals surface area contributed by atoms with Crippen molar-refractivity contribution in [2.75, 3.05) is 33.0 Å². The largest absolute Gasteiger partial charge is 0.507 e. The van der Waals surface area contributed by atoms with E-state index in [4.69, 9.17) is 14.2 Å². The molecular formula is C28H27N3O5. The highest BCUT2D eigenvalue weighted by Gasteiger charge is 2.34. The number of piperazine rings is 1. The number of hydrogen-bond acceptors (Lipinski definition) is 8. The Labute approximate surface area is 209 Å². The van der Waals surface area contributed by atoms with Crippen molar-refractivity contribution in [2.24, 2.45) is 0 Å². The Morgan fingerprint density at radius 2 is 1.81 bits per heavy atom. The molecule has 1 aromatic heterocycles. The molecule has 36 heavy (non-hydrogen) atoms. The fourth-order valence-corrected chi connectivity index (χ4v) is 4.97. The van der Waals surface area contributed by atoms with Crippen molar-refractivity contribution in [3.05, 3.63) is 82.4 Å². The standard InChI is InChI=1S/C28H27N3O5/c1-18-11-22(32)21(28-26(18)27(33)25(36-28)12-19-3-2-6-29-14-19)16-31-9-7-30(8-10-31)15-20-4-5-23-24(13-20)35-17-34-23/h2-6,11-14,32H,7-10,15-17H2,1H3/b25-12-. The van der Waals surface area contributed by atoms with E-state index in [0.717, 1.165) is 49.8 Å². The molecule has 6 rings (SSSR count). The predicted octanol–water partition coefficient (Wildman–Crippen LogP) is 3.76. The van der Waals surface area contributed by atoms with Gasteiger partial charge in [-0.15, -0.1) is 0 Å². The summed E-state index contributed by atoms with van der Waals surface area (Å²) in [6.45, 7) is 6.95. The van der Waals surface area contributed by atoms with Gasteiger partial charge in [-0.2, -0.15) is 0 Å². The molecule has 0 aliphatic carbocycles. The minimum absolute atomic E-state index is 0.157. The van der Waals surface area contributed by atoms with E-state index in [1.165, 1.54) is 5.56 Å². The number of phenols is 1. The molecule has 3 aliphatic rings. The van der Waals surface area contributed by atoms with Crippen LogP contribution in [0.5, 0.6) is 23.0 Å². The van der Waals surface area contributed by atoms with Crippen molar-refractivity contribution in [1.82, 2.24) is 14.8 Å². The number of hydrogen-bond donors (Lipinski definition) is 1. The van der Waals surface area contributed by atoms with Crippen molar-refractivity contribution in [3.8, 4) is 23.0 Å². The lowest BCUT2D eigenvalue weighted by molar-refractivity contribution is 0.101. The zero-order chi connectivity index (χ0) is 24.6. The molecule has 8 nitrogen and oxygen atoms in total. The lowest BCUT2D eigenvalue weighted by Crippen LogP contribution is -2.45. The zero-order valence-electron chi connectivity index (χ0n) is 20.1. The molecule has 0 radical (unpaired) electrons. The first kappa shape index (κ1) is 22.6. The number of carbonyl (C=O) groups is 1. The summed E-state index contributed by atoms with van der Waals surface area (Å²) in [6, 6.07) is 11.4. The first-order chi connectivity index (χ1) is 17.5. The Morgan fingerprint density at radius 3 is 2.58 bits per heavy atom. The van der Waals surface area contributed by atoms with Gasteiger partial charge in [-0.1, -0.05) is 12.1 Å².